The molecule has 2 aromatic heterocycles. The first-order valence-electron chi connectivity index (χ1n) is 7.94. The minimum Gasteiger partial charge on any atom is -0.313 e. The van der Waals surface area contributed by atoms with Gasteiger partial charge >= 0.3 is 0 Å². The highest BCUT2D eigenvalue weighted by atomic mass is 16.2. The van der Waals surface area contributed by atoms with E-state index >= 15 is 0 Å². The van der Waals surface area contributed by atoms with Crippen molar-refractivity contribution in [3.8, 4) is 0 Å². The van der Waals surface area contributed by atoms with Crippen LogP contribution in [-0.2, 0) is 17.9 Å². The summed E-state index contributed by atoms with van der Waals surface area (Å²) in [6.07, 6.45) is 1.70. The third kappa shape index (κ3) is 2.98. The van der Waals surface area contributed by atoms with Crippen LogP contribution in [0.3, 0.4) is 0 Å². The number of carbonyl (C=O) groups excluding carboxylic acids is 1. The van der Waals surface area contributed by atoms with E-state index in [1.54, 1.807) is 10.9 Å². The number of aryl methyl sites for hydroxylation is 1. The number of hydrogen-bond acceptors (Lipinski definition) is 5. The predicted octanol–water partition coefficient (Wildman–Crippen LogP) is 1.21. The van der Waals surface area contributed by atoms with Crippen molar-refractivity contribution < 1.29 is 4.79 Å². The minimum absolute atomic E-state index is 0.0305. The van der Waals surface area contributed by atoms with Crippen LogP contribution >= 0.6 is 0 Å². The Hall–Kier alpha value is -2.22. The topological polar surface area (TPSA) is 80.9 Å². The second-order valence-corrected chi connectivity index (χ2v) is 6.21. The molecule has 1 aliphatic rings. The van der Waals surface area contributed by atoms with Crippen molar-refractivity contribution in [3.05, 3.63) is 23.9 Å². The van der Waals surface area contributed by atoms with Crippen molar-refractivity contribution in [2.24, 2.45) is 0 Å². The van der Waals surface area contributed by atoms with E-state index in [9.17, 15) is 4.79 Å². The molecule has 8 nitrogen and oxygen atoms in total. The highest BCUT2D eigenvalue weighted by molar-refractivity contribution is 5.93. The molecule has 0 aromatic carbocycles. The lowest BCUT2D eigenvalue weighted by molar-refractivity contribution is -0.121. The van der Waals surface area contributed by atoms with Gasteiger partial charge in [-0.25, -0.2) is 4.68 Å². The van der Waals surface area contributed by atoms with Gasteiger partial charge in [-0.2, -0.15) is 5.10 Å². The molecule has 0 radical (unpaired) electrons. The molecule has 0 spiro atoms. The average molecular weight is 317 g/mol. The number of hydrogen-bond donors (Lipinski definition) is 1. The first kappa shape index (κ1) is 15.7. The highest BCUT2D eigenvalue weighted by Crippen LogP contribution is 2.17. The van der Waals surface area contributed by atoms with Gasteiger partial charge in [0.2, 0.25) is 5.91 Å². The van der Waals surface area contributed by atoms with Crippen molar-refractivity contribution in [2.45, 2.75) is 52.9 Å². The lowest BCUT2D eigenvalue weighted by atomic mass is 10.2. The zero-order chi connectivity index (χ0) is 16.6. The van der Waals surface area contributed by atoms with E-state index in [0.29, 0.717) is 6.54 Å². The van der Waals surface area contributed by atoms with Crippen molar-refractivity contribution in [2.75, 3.05) is 11.9 Å². The van der Waals surface area contributed by atoms with Gasteiger partial charge in [-0.15, -0.1) is 10.2 Å². The Kier molecular flexibility index (Phi) is 4.16. The molecule has 1 N–H and O–H groups in total. The van der Waals surface area contributed by atoms with Gasteiger partial charge in [0, 0.05) is 25.2 Å². The molecule has 3 heterocycles. The number of nitrogens with one attached hydrogen (secondary N) is 1. The monoisotopic (exact) mass is 317 g/mol. The van der Waals surface area contributed by atoms with Gasteiger partial charge in [-0.1, -0.05) is 0 Å². The van der Waals surface area contributed by atoms with Gasteiger partial charge in [0.1, 0.15) is 17.5 Å². The summed E-state index contributed by atoms with van der Waals surface area (Å²) in [6, 6.07) is 1.78. The maximum atomic E-state index is 12.6. The number of rotatable bonds is 4. The normalized spacial score (nSPS) is 16.4. The first-order chi connectivity index (χ1) is 11.0. The largest absolute Gasteiger partial charge is 0.313 e. The van der Waals surface area contributed by atoms with E-state index in [1.807, 2.05) is 33.8 Å². The SMILES string of the molecule is Cc1nnc2n1CCN(C(C)C(=O)Nc1ccnn1C(C)C)C2. The van der Waals surface area contributed by atoms with E-state index in [1.165, 1.54) is 0 Å². The fourth-order valence-electron chi connectivity index (χ4n) is 2.87. The summed E-state index contributed by atoms with van der Waals surface area (Å²) in [5.74, 6) is 2.54. The van der Waals surface area contributed by atoms with E-state index < -0.39 is 0 Å². The van der Waals surface area contributed by atoms with Crippen LogP contribution in [0.2, 0.25) is 0 Å². The molecule has 23 heavy (non-hydrogen) atoms. The Morgan fingerprint density at radius 3 is 2.78 bits per heavy atom. The summed E-state index contributed by atoms with van der Waals surface area (Å²) >= 11 is 0. The maximum Gasteiger partial charge on any atom is 0.242 e. The predicted molar refractivity (Wildman–Crippen MR) is 85.9 cm³/mol. The summed E-state index contributed by atoms with van der Waals surface area (Å²) in [5.41, 5.74) is 0. The van der Waals surface area contributed by atoms with E-state index in [4.69, 9.17) is 0 Å². The van der Waals surface area contributed by atoms with E-state index in [2.05, 4.69) is 30.1 Å². The number of fused-ring (bicyclic) bond motifs is 1. The smallest absolute Gasteiger partial charge is 0.242 e. The van der Waals surface area contributed by atoms with Crippen LogP contribution in [0, 0.1) is 6.92 Å². The van der Waals surface area contributed by atoms with Crippen LogP contribution in [0.25, 0.3) is 0 Å². The number of carbonyl (C=O) groups is 1. The summed E-state index contributed by atoms with van der Waals surface area (Å²) in [5, 5.41) is 15.5. The molecule has 1 aliphatic heterocycles. The molecule has 0 bridgehead atoms. The van der Waals surface area contributed by atoms with Crippen LogP contribution < -0.4 is 5.32 Å². The fraction of sp³-hybridized carbons (Fsp3) is 0.600. The molecule has 3 rings (SSSR count). The molecule has 8 heteroatoms. The number of anilines is 1. The third-order valence-corrected chi connectivity index (χ3v) is 4.31. The molecular weight excluding hydrogens is 294 g/mol. The van der Waals surface area contributed by atoms with Gasteiger partial charge in [0.25, 0.3) is 0 Å². The van der Waals surface area contributed by atoms with Crippen LogP contribution in [-0.4, -0.2) is 47.9 Å². The number of amides is 1. The molecule has 1 unspecified atom stereocenters. The van der Waals surface area contributed by atoms with E-state index in [-0.39, 0.29) is 18.0 Å². The molecule has 0 fully saturated rings. The Morgan fingerprint density at radius 2 is 2.04 bits per heavy atom. The summed E-state index contributed by atoms with van der Waals surface area (Å²) in [4.78, 5) is 14.7. The summed E-state index contributed by atoms with van der Waals surface area (Å²) in [6.45, 7) is 10.2. The van der Waals surface area contributed by atoms with Crippen molar-refractivity contribution in [3.63, 3.8) is 0 Å². The molecular formula is C15H23N7O. The average Bonchev–Trinajstić information content (AvgIpc) is 3.13. The number of nitrogens with zero attached hydrogens (tertiary/aromatic N) is 6. The van der Waals surface area contributed by atoms with Gasteiger partial charge in [-0.3, -0.25) is 9.69 Å². The van der Waals surface area contributed by atoms with Crippen LogP contribution in [0.15, 0.2) is 12.3 Å². The zero-order valence-corrected chi connectivity index (χ0v) is 14.0. The zero-order valence-electron chi connectivity index (χ0n) is 14.0. The van der Waals surface area contributed by atoms with Crippen molar-refractivity contribution >= 4 is 11.7 Å². The Labute approximate surface area is 135 Å². The summed E-state index contributed by atoms with van der Waals surface area (Å²) < 4.78 is 3.91. The number of aromatic nitrogens is 5. The second-order valence-electron chi connectivity index (χ2n) is 6.21. The minimum atomic E-state index is -0.240. The highest BCUT2D eigenvalue weighted by Gasteiger charge is 2.27. The Bertz CT molecular complexity index is 702. The van der Waals surface area contributed by atoms with Crippen molar-refractivity contribution in [1.29, 1.82) is 0 Å². The summed E-state index contributed by atoms with van der Waals surface area (Å²) in [7, 11) is 0. The fourth-order valence-corrected chi connectivity index (χ4v) is 2.87. The molecule has 0 aliphatic carbocycles. The standard InChI is InChI=1S/C15H23N7O/c1-10(2)22-13(5-6-16-22)17-15(23)11(3)20-7-8-21-12(4)18-19-14(21)9-20/h5-6,10-11H,7-9H2,1-4H3,(H,17,23). The van der Waals surface area contributed by atoms with Crippen molar-refractivity contribution in [1.82, 2.24) is 29.4 Å². The lowest BCUT2D eigenvalue weighted by Crippen LogP contribution is -2.46. The van der Waals surface area contributed by atoms with Crippen LogP contribution in [0.5, 0.6) is 0 Å². The van der Waals surface area contributed by atoms with E-state index in [0.717, 1.165) is 30.6 Å². The lowest BCUT2D eigenvalue weighted by Gasteiger charge is -2.31. The van der Waals surface area contributed by atoms with Crippen LogP contribution in [0.1, 0.15) is 38.5 Å². The molecule has 1 amide bonds. The van der Waals surface area contributed by atoms with Crippen LogP contribution in [0.4, 0.5) is 5.82 Å². The van der Waals surface area contributed by atoms with Gasteiger partial charge in [0.15, 0.2) is 0 Å². The van der Waals surface area contributed by atoms with Gasteiger partial charge in [0.05, 0.1) is 18.8 Å². The molecule has 0 saturated carbocycles. The third-order valence-electron chi connectivity index (χ3n) is 4.31. The quantitative estimate of drug-likeness (QED) is 0.916. The first-order valence-corrected chi connectivity index (χ1v) is 7.94. The second kappa shape index (κ2) is 6.11. The Morgan fingerprint density at radius 1 is 1.26 bits per heavy atom. The molecule has 0 saturated heterocycles. The van der Waals surface area contributed by atoms with Gasteiger partial charge < -0.3 is 9.88 Å². The molecule has 124 valence electrons. The molecule has 2 aromatic rings. The Balaban J connectivity index is 1.67. The maximum absolute atomic E-state index is 12.6. The van der Waals surface area contributed by atoms with Gasteiger partial charge in [-0.05, 0) is 27.7 Å². The molecule has 1 atom stereocenters.